The Kier molecular flexibility index (Phi) is 3.39. The molecule has 1 aromatic carbocycles. The van der Waals surface area contributed by atoms with E-state index in [1.807, 2.05) is 35.0 Å². The minimum Gasteiger partial charge on any atom is -0.326 e. The van der Waals surface area contributed by atoms with Crippen LogP contribution in [0.2, 0.25) is 0 Å². The van der Waals surface area contributed by atoms with Gasteiger partial charge in [-0.2, -0.15) is 0 Å². The van der Waals surface area contributed by atoms with Crippen molar-refractivity contribution in [3.05, 3.63) is 65.9 Å². The third kappa shape index (κ3) is 2.91. The van der Waals surface area contributed by atoms with E-state index in [-0.39, 0.29) is 18.1 Å². The highest BCUT2D eigenvalue weighted by Crippen LogP contribution is 2.14. The van der Waals surface area contributed by atoms with Gasteiger partial charge < -0.3 is 9.72 Å². The molecular weight excluding hydrogens is 269 g/mol. The van der Waals surface area contributed by atoms with Crippen molar-refractivity contribution in [2.75, 3.05) is 5.32 Å². The zero-order valence-corrected chi connectivity index (χ0v) is 11.5. The fourth-order valence-electron chi connectivity index (χ4n) is 2.11. The lowest BCUT2D eigenvalue weighted by atomic mass is 10.2. The molecule has 0 saturated heterocycles. The molecule has 2 aromatic heterocycles. The van der Waals surface area contributed by atoms with E-state index in [1.54, 1.807) is 19.1 Å². The maximum absolute atomic E-state index is 13.4. The highest BCUT2D eigenvalue weighted by molar-refractivity contribution is 5.92. The number of carbonyl (C=O) groups is 1. The second-order valence-electron chi connectivity index (χ2n) is 4.89. The number of nitrogens with one attached hydrogen (secondary N) is 1. The normalized spacial score (nSPS) is 10.8. The van der Waals surface area contributed by atoms with Gasteiger partial charge in [-0.1, -0.05) is 12.1 Å². The Bertz CT molecular complexity index is 777. The van der Waals surface area contributed by atoms with E-state index in [4.69, 9.17) is 0 Å². The number of amides is 1. The van der Waals surface area contributed by atoms with E-state index >= 15 is 0 Å². The smallest absolute Gasteiger partial charge is 0.230 e. The van der Waals surface area contributed by atoms with Gasteiger partial charge in [0.15, 0.2) is 0 Å². The fourth-order valence-corrected chi connectivity index (χ4v) is 2.11. The first-order valence-corrected chi connectivity index (χ1v) is 6.60. The molecule has 0 bridgehead atoms. The Balaban J connectivity index is 1.72. The standard InChI is InChI=1S/C16H14FN3O/c1-11-5-6-12(8-14(11)17)19-16(21)9-13-10-20-7-3-2-4-15(20)18-13/h2-8,10H,9H2,1H3,(H,19,21). The second-order valence-corrected chi connectivity index (χ2v) is 4.89. The summed E-state index contributed by atoms with van der Waals surface area (Å²) in [6, 6.07) is 10.3. The van der Waals surface area contributed by atoms with Crippen LogP contribution in [0.3, 0.4) is 0 Å². The van der Waals surface area contributed by atoms with Crippen molar-refractivity contribution in [1.82, 2.24) is 9.38 Å². The molecule has 3 rings (SSSR count). The Labute approximate surface area is 121 Å². The fraction of sp³-hybridized carbons (Fsp3) is 0.125. The first-order chi connectivity index (χ1) is 10.1. The highest BCUT2D eigenvalue weighted by Gasteiger charge is 2.08. The average molecular weight is 283 g/mol. The molecule has 1 N–H and O–H groups in total. The third-order valence-electron chi connectivity index (χ3n) is 3.21. The van der Waals surface area contributed by atoms with Crippen LogP contribution in [0.5, 0.6) is 0 Å². The summed E-state index contributed by atoms with van der Waals surface area (Å²) in [5.74, 6) is -0.554. The summed E-state index contributed by atoms with van der Waals surface area (Å²) in [5.41, 5.74) is 2.47. The van der Waals surface area contributed by atoms with Gasteiger partial charge in [-0.15, -0.1) is 0 Å². The van der Waals surface area contributed by atoms with Crippen LogP contribution in [0.15, 0.2) is 48.8 Å². The molecule has 4 nitrogen and oxygen atoms in total. The van der Waals surface area contributed by atoms with Gasteiger partial charge in [-0.05, 0) is 36.8 Å². The molecule has 5 heteroatoms. The van der Waals surface area contributed by atoms with Crippen molar-refractivity contribution in [3.63, 3.8) is 0 Å². The Hall–Kier alpha value is -2.69. The molecule has 0 fully saturated rings. The zero-order valence-electron chi connectivity index (χ0n) is 11.5. The number of aromatic nitrogens is 2. The lowest BCUT2D eigenvalue weighted by molar-refractivity contribution is -0.115. The van der Waals surface area contributed by atoms with E-state index < -0.39 is 0 Å². The molecule has 0 atom stereocenters. The van der Waals surface area contributed by atoms with Gasteiger partial charge >= 0.3 is 0 Å². The molecule has 106 valence electrons. The highest BCUT2D eigenvalue weighted by atomic mass is 19.1. The van der Waals surface area contributed by atoms with Gasteiger partial charge in [0, 0.05) is 18.1 Å². The number of aryl methyl sites for hydroxylation is 1. The Morgan fingerprint density at radius 3 is 2.95 bits per heavy atom. The predicted octanol–water partition coefficient (Wildman–Crippen LogP) is 2.96. The molecule has 3 aromatic rings. The van der Waals surface area contributed by atoms with Gasteiger partial charge in [0.25, 0.3) is 0 Å². The molecule has 0 aliphatic heterocycles. The lowest BCUT2D eigenvalue weighted by Gasteiger charge is -2.05. The van der Waals surface area contributed by atoms with Crippen molar-refractivity contribution in [3.8, 4) is 0 Å². The molecule has 1 amide bonds. The SMILES string of the molecule is Cc1ccc(NC(=O)Cc2cn3ccccc3n2)cc1F. The average Bonchev–Trinajstić information content (AvgIpc) is 2.84. The minimum absolute atomic E-state index is 0.150. The van der Waals surface area contributed by atoms with Crippen molar-refractivity contribution in [2.45, 2.75) is 13.3 Å². The summed E-state index contributed by atoms with van der Waals surface area (Å²) in [6.45, 7) is 1.68. The maximum atomic E-state index is 13.4. The Morgan fingerprint density at radius 2 is 2.19 bits per heavy atom. The van der Waals surface area contributed by atoms with Gasteiger partial charge in [0.2, 0.25) is 5.91 Å². The van der Waals surface area contributed by atoms with Gasteiger partial charge in [-0.25, -0.2) is 9.37 Å². The summed E-state index contributed by atoms with van der Waals surface area (Å²) in [7, 11) is 0. The number of nitrogens with zero attached hydrogens (tertiary/aromatic N) is 2. The number of hydrogen-bond acceptors (Lipinski definition) is 2. The van der Waals surface area contributed by atoms with Gasteiger partial charge in [-0.3, -0.25) is 4.79 Å². The largest absolute Gasteiger partial charge is 0.326 e. The predicted molar refractivity (Wildman–Crippen MR) is 78.7 cm³/mol. The molecule has 21 heavy (non-hydrogen) atoms. The van der Waals surface area contributed by atoms with Crippen LogP contribution < -0.4 is 5.32 Å². The molecule has 0 spiro atoms. The number of rotatable bonds is 3. The van der Waals surface area contributed by atoms with E-state index in [1.165, 1.54) is 6.07 Å². The minimum atomic E-state index is -0.333. The molecule has 0 aliphatic carbocycles. The molecule has 2 heterocycles. The third-order valence-corrected chi connectivity index (χ3v) is 3.21. The van der Waals surface area contributed by atoms with Crippen molar-refractivity contribution >= 4 is 17.2 Å². The Morgan fingerprint density at radius 1 is 1.33 bits per heavy atom. The van der Waals surface area contributed by atoms with Crippen LogP contribution >= 0.6 is 0 Å². The number of hydrogen-bond donors (Lipinski definition) is 1. The summed E-state index contributed by atoms with van der Waals surface area (Å²) in [5, 5.41) is 2.67. The van der Waals surface area contributed by atoms with Crippen LogP contribution in [-0.4, -0.2) is 15.3 Å². The number of anilines is 1. The summed E-state index contributed by atoms with van der Waals surface area (Å²) < 4.78 is 15.3. The quantitative estimate of drug-likeness (QED) is 0.803. The summed E-state index contributed by atoms with van der Waals surface area (Å²) in [6.07, 6.45) is 3.83. The van der Waals surface area contributed by atoms with E-state index in [9.17, 15) is 9.18 Å². The molecule has 0 radical (unpaired) electrons. The van der Waals surface area contributed by atoms with Crippen LogP contribution in [0.4, 0.5) is 10.1 Å². The first kappa shape index (κ1) is 13.3. The zero-order chi connectivity index (χ0) is 14.8. The van der Waals surface area contributed by atoms with Crippen LogP contribution in [0, 0.1) is 12.7 Å². The molecule has 0 unspecified atom stereocenters. The van der Waals surface area contributed by atoms with Crippen molar-refractivity contribution < 1.29 is 9.18 Å². The summed E-state index contributed by atoms with van der Waals surface area (Å²) in [4.78, 5) is 16.3. The first-order valence-electron chi connectivity index (χ1n) is 6.60. The second kappa shape index (κ2) is 5.36. The molecule has 0 aliphatic rings. The number of pyridine rings is 1. The van der Waals surface area contributed by atoms with Crippen LogP contribution in [0.1, 0.15) is 11.3 Å². The number of fused-ring (bicyclic) bond motifs is 1. The van der Waals surface area contributed by atoms with Crippen molar-refractivity contribution in [1.29, 1.82) is 0 Å². The van der Waals surface area contributed by atoms with E-state index in [0.717, 1.165) is 5.65 Å². The van der Waals surface area contributed by atoms with Crippen LogP contribution in [-0.2, 0) is 11.2 Å². The van der Waals surface area contributed by atoms with Gasteiger partial charge in [0.1, 0.15) is 11.5 Å². The van der Waals surface area contributed by atoms with E-state index in [2.05, 4.69) is 10.3 Å². The van der Waals surface area contributed by atoms with Crippen LogP contribution in [0.25, 0.3) is 5.65 Å². The molecule has 0 saturated carbocycles. The number of halogens is 1. The monoisotopic (exact) mass is 283 g/mol. The topological polar surface area (TPSA) is 46.4 Å². The number of carbonyl (C=O) groups excluding carboxylic acids is 1. The van der Waals surface area contributed by atoms with Gasteiger partial charge in [0.05, 0.1) is 12.1 Å². The number of benzene rings is 1. The summed E-state index contributed by atoms with van der Waals surface area (Å²) >= 11 is 0. The molecular formula is C16H14FN3O. The number of imidazole rings is 1. The van der Waals surface area contributed by atoms with Crippen molar-refractivity contribution in [2.24, 2.45) is 0 Å². The lowest BCUT2D eigenvalue weighted by Crippen LogP contribution is -2.14. The van der Waals surface area contributed by atoms with E-state index in [0.29, 0.717) is 16.9 Å². The maximum Gasteiger partial charge on any atom is 0.230 e.